The van der Waals surface area contributed by atoms with Crippen molar-refractivity contribution in [2.75, 3.05) is 0 Å². The summed E-state index contributed by atoms with van der Waals surface area (Å²) in [6.07, 6.45) is 0.887. The van der Waals surface area contributed by atoms with E-state index in [1.165, 1.54) is 5.39 Å². The summed E-state index contributed by atoms with van der Waals surface area (Å²) in [5.41, 5.74) is 9.50. The summed E-state index contributed by atoms with van der Waals surface area (Å²) < 4.78 is 0. The number of hydrogen-bond acceptors (Lipinski definition) is 5. The van der Waals surface area contributed by atoms with Crippen LogP contribution in [0.2, 0.25) is 0 Å². The summed E-state index contributed by atoms with van der Waals surface area (Å²) >= 11 is 1.55. The smallest absolute Gasteiger partial charge is 0.269 e. The van der Waals surface area contributed by atoms with Gasteiger partial charge in [0.1, 0.15) is 0 Å². The Morgan fingerprint density at radius 3 is 2.21 bits per heavy atom. The molecule has 0 aliphatic carbocycles. The fourth-order valence-corrected chi connectivity index (χ4v) is 4.48. The molecule has 4 rings (SSSR count). The summed E-state index contributed by atoms with van der Waals surface area (Å²) in [6.45, 7) is 3.91. The number of aryl methyl sites for hydroxylation is 3. The van der Waals surface area contributed by atoms with Gasteiger partial charge in [-0.1, -0.05) is 66.4 Å². The normalized spacial score (nSPS) is 10.8. The second-order valence-corrected chi connectivity index (χ2v) is 9.05. The van der Waals surface area contributed by atoms with Crippen LogP contribution in [0.4, 0.5) is 0 Å². The van der Waals surface area contributed by atoms with Gasteiger partial charge < -0.3 is 0 Å². The molecule has 0 bridgehead atoms. The molecule has 0 spiro atoms. The van der Waals surface area contributed by atoms with Crippen LogP contribution in [0.15, 0.2) is 78.0 Å². The molecule has 4 aromatic rings. The van der Waals surface area contributed by atoms with Crippen molar-refractivity contribution in [3.63, 3.8) is 0 Å². The van der Waals surface area contributed by atoms with Crippen molar-refractivity contribution in [3.8, 4) is 0 Å². The van der Waals surface area contributed by atoms with Gasteiger partial charge in [-0.15, -0.1) is 0 Å². The van der Waals surface area contributed by atoms with E-state index < -0.39 is 0 Å². The largest absolute Gasteiger partial charge is 0.273 e. The predicted molar refractivity (Wildman–Crippen MR) is 135 cm³/mol. The van der Waals surface area contributed by atoms with E-state index in [9.17, 15) is 9.59 Å². The molecule has 0 fully saturated rings. The van der Waals surface area contributed by atoms with Crippen LogP contribution in [-0.4, -0.2) is 21.8 Å². The Labute approximate surface area is 203 Å². The summed E-state index contributed by atoms with van der Waals surface area (Å²) in [6, 6.07) is 23.5. The number of nitrogens with zero attached hydrogens (tertiary/aromatic N) is 2. The first-order valence-corrected chi connectivity index (χ1v) is 12.1. The molecule has 0 saturated heterocycles. The van der Waals surface area contributed by atoms with E-state index >= 15 is 0 Å². The molecule has 172 valence electrons. The van der Waals surface area contributed by atoms with Crippen LogP contribution in [0.25, 0.3) is 10.8 Å². The molecule has 7 heteroatoms. The first-order valence-electron chi connectivity index (χ1n) is 11.1. The minimum absolute atomic E-state index is 0.233. The number of carbonyl (C=O) groups excluding carboxylic acids is 2. The molecule has 1 aromatic heterocycles. The lowest BCUT2D eigenvalue weighted by Gasteiger charge is -2.09. The Bertz CT molecular complexity index is 1300. The highest BCUT2D eigenvalue weighted by molar-refractivity contribution is 7.98. The second kappa shape index (κ2) is 10.9. The number of nitrogens with one attached hydrogen (secondary N) is 2. The minimum Gasteiger partial charge on any atom is -0.273 e. The van der Waals surface area contributed by atoms with E-state index in [4.69, 9.17) is 0 Å². The van der Waals surface area contributed by atoms with Crippen LogP contribution in [0.3, 0.4) is 0 Å². The number of aromatic nitrogens is 2. The first-order chi connectivity index (χ1) is 16.5. The SMILES string of the molecule is Cc1cc(C)nc(SCc2ccc(C(=O)NNC(=O)CCc3ccc4ccccc4c3)cc2)n1. The standard InChI is InChI=1S/C27H26N4O2S/c1-18-15-19(2)29-27(28-18)34-17-21-8-12-23(13-9-21)26(33)31-30-25(32)14-10-20-7-11-22-5-3-4-6-24(22)16-20/h3-9,11-13,15-16H,10,14,17H2,1-2H3,(H,30,32)(H,31,33). The van der Waals surface area contributed by atoms with E-state index in [1.807, 2.05) is 50.2 Å². The number of benzene rings is 3. The van der Waals surface area contributed by atoms with Crippen LogP contribution in [-0.2, 0) is 17.0 Å². The maximum atomic E-state index is 12.4. The van der Waals surface area contributed by atoms with E-state index in [1.54, 1.807) is 23.9 Å². The third kappa shape index (κ3) is 6.42. The van der Waals surface area contributed by atoms with Crippen LogP contribution < -0.4 is 10.9 Å². The van der Waals surface area contributed by atoms with Crippen molar-refractivity contribution in [2.24, 2.45) is 0 Å². The quantitative estimate of drug-likeness (QED) is 0.227. The van der Waals surface area contributed by atoms with Crippen molar-refractivity contribution in [3.05, 3.63) is 101 Å². The van der Waals surface area contributed by atoms with Crippen LogP contribution in [0.1, 0.15) is 39.3 Å². The van der Waals surface area contributed by atoms with Crippen molar-refractivity contribution in [1.29, 1.82) is 0 Å². The highest BCUT2D eigenvalue weighted by Crippen LogP contribution is 2.20. The van der Waals surface area contributed by atoms with Gasteiger partial charge in [-0.25, -0.2) is 9.97 Å². The number of amides is 2. The Hall–Kier alpha value is -3.71. The van der Waals surface area contributed by atoms with E-state index in [2.05, 4.69) is 45.1 Å². The average Bonchev–Trinajstić information content (AvgIpc) is 2.84. The predicted octanol–water partition coefficient (Wildman–Crippen LogP) is 4.93. The first kappa shape index (κ1) is 23.4. The van der Waals surface area contributed by atoms with Crippen LogP contribution in [0.5, 0.6) is 0 Å². The van der Waals surface area contributed by atoms with Crippen LogP contribution in [0, 0.1) is 13.8 Å². The highest BCUT2D eigenvalue weighted by atomic mass is 32.2. The fraction of sp³-hybridized carbons (Fsp3) is 0.185. The molecular formula is C27H26N4O2S. The van der Waals surface area contributed by atoms with Crippen molar-refractivity contribution in [2.45, 2.75) is 37.6 Å². The molecule has 2 amide bonds. The van der Waals surface area contributed by atoms with Crippen LogP contribution >= 0.6 is 11.8 Å². The van der Waals surface area contributed by atoms with Gasteiger partial charge in [0.05, 0.1) is 0 Å². The monoisotopic (exact) mass is 470 g/mol. The topological polar surface area (TPSA) is 84.0 Å². The Morgan fingerprint density at radius 2 is 1.47 bits per heavy atom. The van der Waals surface area contributed by atoms with Gasteiger partial charge in [0, 0.05) is 29.1 Å². The fourth-order valence-electron chi connectivity index (χ4n) is 3.57. The van der Waals surface area contributed by atoms with Crippen molar-refractivity contribution < 1.29 is 9.59 Å². The van der Waals surface area contributed by atoms with Gasteiger partial charge in [0.15, 0.2) is 5.16 Å². The van der Waals surface area contributed by atoms with Gasteiger partial charge in [-0.2, -0.15) is 0 Å². The zero-order valence-corrected chi connectivity index (χ0v) is 20.0. The second-order valence-electron chi connectivity index (χ2n) is 8.10. The summed E-state index contributed by atoms with van der Waals surface area (Å²) in [4.78, 5) is 33.4. The van der Waals surface area contributed by atoms with E-state index in [0.717, 1.165) is 33.1 Å². The third-order valence-corrected chi connectivity index (χ3v) is 6.23. The van der Waals surface area contributed by atoms with E-state index in [-0.39, 0.29) is 18.2 Å². The van der Waals surface area contributed by atoms with Gasteiger partial charge in [-0.05, 0) is 60.4 Å². The van der Waals surface area contributed by atoms with E-state index in [0.29, 0.717) is 17.7 Å². The molecule has 0 aliphatic heterocycles. The van der Waals surface area contributed by atoms with Gasteiger partial charge >= 0.3 is 0 Å². The van der Waals surface area contributed by atoms with Gasteiger partial charge in [-0.3, -0.25) is 20.4 Å². The summed E-state index contributed by atoms with van der Waals surface area (Å²) in [5.74, 6) is 0.120. The van der Waals surface area contributed by atoms with Crippen molar-refractivity contribution >= 4 is 34.3 Å². The zero-order chi connectivity index (χ0) is 23.9. The Kier molecular flexibility index (Phi) is 7.54. The number of hydrogen-bond donors (Lipinski definition) is 2. The summed E-state index contributed by atoms with van der Waals surface area (Å²) in [5, 5.41) is 3.06. The van der Waals surface area contributed by atoms with Gasteiger partial charge in [0.2, 0.25) is 5.91 Å². The molecule has 2 N–H and O–H groups in total. The molecule has 0 aliphatic rings. The third-order valence-electron chi connectivity index (χ3n) is 5.32. The number of carbonyl (C=O) groups is 2. The molecule has 0 saturated carbocycles. The summed E-state index contributed by atoms with van der Waals surface area (Å²) in [7, 11) is 0. The average molecular weight is 471 g/mol. The lowest BCUT2D eigenvalue weighted by molar-refractivity contribution is -0.121. The van der Waals surface area contributed by atoms with Crippen molar-refractivity contribution in [1.82, 2.24) is 20.8 Å². The Morgan fingerprint density at radius 1 is 0.794 bits per heavy atom. The molecule has 0 radical (unpaired) electrons. The molecule has 1 heterocycles. The molecular weight excluding hydrogens is 444 g/mol. The molecule has 34 heavy (non-hydrogen) atoms. The molecule has 0 unspecified atom stereocenters. The maximum Gasteiger partial charge on any atom is 0.269 e. The Balaban J connectivity index is 1.23. The zero-order valence-electron chi connectivity index (χ0n) is 19.2. The molecule has 0 atom stereocenters. The molecule has 6 nitrogen and oxygen atoms in total. The number of rotatable bonds is 7. The number of fused-ring (bicyclic) bond motifs is 1. The lowest BCUT2D eigenvalue weighted by Crippen LogP contribution is -2.41. The highest BCUT2D eigenvalue weighted by Gasteiger charge is 2.09. The van der Waals surface area contributed by atoms with Gasteiger partial charge in [0.25, 0.3) is 5.91 Å². The number of thioether (sulfide) groups is 1. The maximum absolute atomic E-state index is 12.4. The molecule has 3 aromatic carbocycles. The number of hydrazine groups is 1. The lowest BCUT2D eigenvalue weighted by atomic mass is 10.0. The minimum atomic E-state index is -0.351.